The van der Waals surface area contributed by atoms with Crippen LogP contribution in [0.2, 0.25) is 0 Å². The molecular formula is C20H19N5O. The van der Waals surface area contributed by atoms with Crippen LogP contribution in [0.5, 0.6) is 5.75 Å². The maximum absolute atomic E-state index is 6.22. The molecule has 1 aliphatic rings. The maximum Gasteiger partial charge on any atom is 0.256 e. The van der Waals surface area contributed by atoms with E-state index in [1.807, 2.05) is 28.8 Å². The summed E-state index contributed by atoms with van der Waals surface area (Å²) in [5, 5.41) is 10.3. The Labute approximate surface area is 151 Å². The van der Waals surface area contributed by atoms with Gasteiger partial charge in [-0.3, -0.25) is 4.40 Å². The first-order valence-electron chi connectivity index (χ1n) is 8.92. The Bertz CT molecular complexity index is 1050. The number of nitrogens with zero attached hydrogens (tertiary/aromatic N) is 5. The van der Waals surface area contributed by atoms with Crippen molar-refractivity contribution in [1.82, 2.24) is 19.6 Å². The lowest BCUT2D eigenvalue weighted by Crippen LogP contribution is -2.34. The molecule has 26 heavy (non-hydrogen) atoms. The van der Waals surface area contributed by atoms with E-state index in [9.17, 15) is 0 Å². The molecule has 4 aromatic rings. The Morgan fingerprint density at radius 1 is 1.08 bits per heavy atom. The largest absolute Gasteiger partial charge is 0.491 e. The van der Waals surface area contributed by atoms with E-state index in [0.717, 1.165) is 36.3 Å². The summed E-state index contributed by atoms with van der Waals surface area (Å²) in [5.74, 6) is 2.51. The second-order valence-electron chi connectivity index (χ2n) is 6.60. The van der Waals surface area contributed by atoms with Crippen molar-refractivity contribution in [1.29, 1.82) is 0 Å². The van der Waals surface area contributed by atoms with Gasteiger partial charge in [0.25, 0.3) is 5.78 Å². The molecule has 6 heteroatoms. The van der Waals surface area contributed by atoms with Crippen molar-refractivity contribution in [2.45, 2.75) is 18.9 Å². The summed E-state index contributed by atoms with van der Waals surface area (Å²) in [7, 11) is 0. The molecule has 2 aromatic heterocycles. The molecule has 0 aliphatic carbocycles. The Balaban J connectivity index is 1.37. The van der Waals surface area contributed by atoms with Crippen molar-refractivity contribution >= 4 is 22.4 Å². The van der Waals surface area contributed by atoms with Gasteiger partial charge in [-0.05, 0) is 30.4 Å². The van der Waals surface area contributed by atoms with Crippen molar-refractivity contribution < 1.29 is 4.74 Å². The highest BCUT2D eigenvalue weighted by molar-refractivity contribution is 5.88. The molecule has 0 spiro atoms. The van der Waals surface area contributed by atoms with Crippen LogP contribution in [0.1, 0.15) is 12.8 Å². The van der Waals surface area contributed by atoms with E-state index in [4.69, 9.17) is 4.74 Å². The fourth-order valence-electron chi connectivity index (χ4n) is 3.69. The van der Waals surface area contributed by atoms with Crippen LogP contribution in [-0.4, -0.2) is 38.8 Å². The van der Waals surface area contributed by atoms with Gasteiger partial charge in [0.2, 0.25) is 0 Å². The molecule has 0 amide bonds. The number of hydrogen-bond acceptors (Lipinski definition) is 5. The third-order valence-electron chi connectivity index (χ3n) is 5.01. The summed E-state index contributed by atoms with van der Waals surface area (Å²) >= 11 is 0. The molecule has 1 fully saturated rings. The minimum Gasteiger partial charge on any atom is -0.491 e. The molecule has 2 aromatic carbocycles. The summed E-state index contributed by atoms with van der Waals surface area (Å²) in [6.45, 7) is 1.63. The minimum atomic E-state index is 0.312. The van der Waals surface area contributed by atoms with Gasteiger partial charge in [0.1, 0.15) is 24.5 Å². The van der Waals surface area contributed by atoms with E-state index in [0.29, 0.717) is 18.4 Å². The average molecular weight is 345 g/mol. The summed E-state index contributed by atoms with van der Waals surface area (Å²) < 4.78 is 8.05. The van der Waals surface area contributed by atoms with Gasteiger partial charge in [0.05, 0.1) is 6.04 Å². The molecule has 0 bridgehead atoms. The van der Waals surface area contributed by atoms with Crippen molar-refractivity contribution in [3.8, 4) is 5.75 Å². The van der Waals surface area contributed by atoms with E-state index in [1.54, 1.807) is 6.33 Å². The van der Waals surface area contributed by atoms with Crippen LogP contribution in [0.3, 0.4) is 0 Å². The molecule has 0 saturated carbocycles. The van der Waals surface area contributed by atoms with Gasteiger partial charge in [0.15, 0.2) is 0 Å². The van der Waals surface area contributed by atoms with Gasteiger partial charge in [-0.15, -0.1) is 10.2 Å². The third kappa shape index (κ3) is 2.63. The highest BCUT2D eigenvalue weighted by Gasteiger charge is 2.26. The van der Waals surface area contributed by atoms with Gasteiger partial charge >= 0.3 is 0 Å². The van der Waals surface area contributed by atoms with Crippen LogP contribution in [0.4, 0.5) is 5.82 Å². The average Bonchev–Trinajstić information content (AvgIpc) is 3.34. The van der Waals surface area contributed by atoms with Crippen molar-refractivity contribution in [2.75, 3.05) is 18.1 Å². The number of anilines is 1. The predicted molar refractivity (Wildman–Crippen MR) is 101 cm³/mol. The summed E-state index contributed by atoms with van der Waals surface area (Å²) in [6.07, 6.45) is 5.86. The number of aromatic nitrogens is 4. The predicted octanol–water partition coefficient (Wildman–Crippen LogP) is 3.33. The van der Waals surface area contributed by atoms with E-state index in [2.05, 4.69) is 50.4 Å². The standard InChI is InChI=1S/C20H19N5O/c1-2-8-17-15(5-1)6-3-9-18(17)26-13-16-7-4-11-25(16)19-10-12-24-14-21-23-20(24)22-19/h1-3,5-6,8-10,12,14,16H,4,7,11,13H2. The van der Waals surface area contributed by atoms with Gasteiger partial charge < -0.3 is 9.64 Å². The molecule has 6 nitrogen and oxygen atoms in total. The number of ether oxygens (including phenoxy) is 1. The lowest BCUT2D eigenvalue weighted by Gasteiger charge is -2.26. The first kappa shape index (κ1) is 15.1. The summed E-state index contributed by atoms with van der Waals surface area (Å²) in [5.41, 5.74) is 0. The first-order chi connectivity index (χ1) is 12.9. The topological polar surface area (TPSA) is 55.6 Å². The highest BCUT2D eigenvalue weighted by atomic mass is 16.5. The lowest BCUT2D eigenvalue weighted by molar-refractivity contribution is 0.291. The molecule has 1 atom stereocenters. The molecule has 1 saturated heterocycles. The van der Waals surface area contributed by atoms with Gasteiger partial charge in [-0.1, -0.05) is 36.4 Å². The molecule has 3 heterocycles. The van der Waals surface area contributed by atoms with E-state index in [-0.39, 0.29) is 0 Å². The zero-order valence-electron chi connectivity index (χ0n) is 14.3. The van der Waals surface area contributed by atoms with Gasteiger partial charge in [0, 0.05) is 18.1 Å². The molecule has 130 valence electrons. The minimum absolute atomic E-state index is 0.312. The molecule has 1 aliphatic heterocycles. The Morgan fingerprint density at radius 2 is 2.00 bits per heavy atom. The zero-order valence-corrected chi connectivity index (χ0v) is 14.3. The van der Waals surface area contributed by atoms with Gasteiger partial charge in [-0.25, -0.2) is 0 Å². The molecule has 1 unspecified atom stereocenters. The Hall–Kier alpha value is -3.15. The van der Waals surface area contributed by atoms with E-state index >= 15 is 0 Å². The smallest absolute Gasteiger partial charge is 0.256 e. The molecular weight excluding hydrogens is 326 g/mol. The monoisotopic (exact) mass is 345 g/mol. The van der Waals surface area contributed by atoms with Crippen LogP contribution in [0.25, 0.3) is 16.6 Å². The summed E-state index contributed by atoms with van der Waals surface area (Å²) in [4.78, 5) is 6.95. The zero-order chi connectivity index (χ0) is 17.3. The Morgan fingerprint density at radius 3 is 3.00 bits per heavy atom. The summed E-state index contributed by atoms with van der Waals surface area (Å²) in [6, 6.07) is 16.9. The lowest BCUT2D eigenvalue weighted by atomic mass is 10.1. The number of benzene rings is 2. The van der Waals surface area contributed by atoms with Crippen LogP contribution >= 0.6 is 0 Å². The number of hydrogen-bond donors (Lipinski definition) is 0. The van der Waals surface area contributed by atoms with Crippen LogP contribution < -0.4 is 9.64 Å². The van der Waals surface area contributed by atoms with E-state index < -0.39 is 0 Å². The van der Waals surface area contributed by atoms with Gasteiger partial charge in [-0.2, -0.15) is 4.98 Å². The molecule has 0 N–H and O–H groups in total. The van der Waals surface area contributed by atoms with Crippen molar-refractivity contribution in [3.05, 3.63) is 61.1 Å². The van der Waals surface area contributed by atoms with Crippen LogP contribution in [-0.2, 0) is 0 Å². The fourth-order valence-corrected chi connectivity index (χ4v) is 3.69. The maximum atomic E-state index is 6.22. The van der Waals surface area contributed by atoms with E-state index in [1.165, 1.54) is 5.39 Å². The Kier molecular flexibility index (Phi) is 3.66. The van der Waals surface area contributed by atoms with Crippen LogP contribution in [0.15, 0.2) is 61.1 Å². The number of rotatable bonds is 4. The SMILES string of the molecule is c1ccc2c(OCC3CCCN3c3ccn4cnnc4n3)cccc2c1. The normalized spacial score (nSPS) is 17.2. The molecule has 5 rings (SSSR count). The fraction of sp³-hybridized carbons (Fsp3) is 0.250. The highest BCUT2D eigenvalue weighted by Crippen LogP contribution is 2.28. The second kappa shape index (κ2) is 6.29. The van der Waals surface area contributed by atoms with Crippen LogP contribution in [0, 0.1) is 0 Å². The first-order valence-corrected chi connectivity index (χ1v) is 8.92. The number of fused-ring (bicyclic) bond motifs is 2. The van der Waals surface area contributed by atoms with Crippen molar-refractivity contribution in [2.24, 2.45) is 0 Å². The molecule has 0 radical (unpaired) electrons. The quantitative estimate of drug-likeness (QED) is 0.568. The third-order valence-corrected chi connectivity index (χ3v) is 5.01. The van der Waals surface area contributed by atoms with Crippen molar-refractivity contribution in [3.63, 3.8) is 0 Å². The second-order valence-corrected chi connectivity index (χ2v) is 6.60.